The van der Waals surface area contributed by atoms with Gasteiger partial charge in [0.25, 0.3) is 11.8 Å². The van der Waals surface area contributed by atoms with Gasteiger partial charge < -0.3 is 29.8 Å². The molecule has 3 aromatic carbocycles. The quantitative estimate of drug-likeness (QED) is 0.215. The normalized spacial score (nSPS) is 21.0. The highest BCUT2D eigenvalue weighted by molar-refractivity contribution is 6.00. The third-order valence-corrected chi connectivity index (χ3v) is 9.66. The Bertz CT molecular complexity index is 2050. The van der Waals surface area contributed by atoms with Crippen LogP contribution in [0.4, 0.5) is 5.69 Å². The number of aromatic amines is 2. The van der Waals surface area contributed by atoms with Crippen molar-refractivity contribution in [3.63, 3.8) is 0 Å². The van der Waals surface area contributed by atoms with E-state index in [0.717, 1.165) is 95.6 Å². The Morgan fingerprint density at radius 2 is 1.43 bits per heavy atom. The van der Waals surface area contributed by atoms with E-state index in [0.29, 0.717) is 18.7 Å². The number of rotatable bonds is 5. The summed E-state index contributed by atoms with van der Waals surface area (Å²) in [5.74, 6) is 8.33. The van der Waals surface area contributed by atoms with E-state index in [1.807, 2.05) is 77.5 Å². The maximum atomic E-state index is 13.5. The van der Waals surface area contributed by atoms with Crippen LogP contribution in [-0.2, 0) is 9.53 Å². The SMILES string of the molecule is CNc1ccccc1C(=O)N1CCC[C@H]1c1nc2ccc(C#Cc3ccc4nc([C@@H]5CCCN5C(=O)[C@H]5CCCO5)[nH]c4c3)cc2[nH]1. The van der Waals surface area contributed by atoms with Crippen molar-refractivity contribution < 1.29 is 14.3 Å². The van der Waals surface area contributed by atoms with E-state index in [4.69, 9.17) is 14.7 Å². The van der Waals surface area contributed by atoms with Gasteiger partial charge in [0.15, 0.2) is 0 Å². The Morgan fingerprint density at radius 3 is 2.04 bits per heavy atom. The molecule has 3 aliphatic heterocycles. The van der Waals surface area contributed by atoms with Crippen LogP contribution in [0.25, 0.3) is 22.1 Å². The molecule has 3 N–H and O–H groups in total. The number of anilines is 1. The monoisotopic (exact) mass is 627 g/mol. The number of nitrogens with one attached hydrogen (secondary N) is 3. The van der Waals surface area contributed by atoms with Gasteiger partial charge >= 0.3 is 0 Å². The zero-order valence-corrected chi connectivity index (χ0v) is 26.4. The number of imidazole rings is 2. The fourth-order valence-electron chi connectivity index (χ4n) is 7.28. The number of carbonyl (C=O) groups excluding carboxylic acids is 2. The number of aromatic nitrogens is 4. The molecule has 2 aromatic heterocycles. The summed E-state index contributed by atoms with van der Waals surface area (Å²) in [4.78, 5) is 47.2. The Labute approximate surface area is 272 Å². The van der Waals surface area contributed by atoms with Crippen LogP contribution >= 0.6 is 0 Å². The van der Waals surface area contributed by atoms with Crippen LogP contribution in [0.1, 0.15) is 83.7 Å². The van der Waals surface area contributed by atoms with Crippen LogP contribution in [0.5, 0.6) is 0 Å². The van der Waals surface area contributed by atoms with Crippen molar-refractivity contribution in [2.75, 3.05) is 32.1 Å². The summed E-state index contributed by atoms with van der Waals surface area (Å²) in [6.45, 7) is 2.10. The van der Waals surface area contributed by atoms with Gasteiger partial charge in [0.05, 0.1) is 39.7 Å². The fourth-order valence-corrected chi connectivity index (χ4v) is 7.28. The zero-order chi connectivity index (χ0) is 31.9. The van der Waals surface area contributed by atoms with Crippen molar-refractivity contribution in [3.05, 3.63) is 89.0 Å². The molecule has 3 saturated heterocycles. The van der Waals surface area contributed by atoms with E-state index in [9.17, 15) is 9.59 Å². The highest BCUT2D eigenvalue weighted by Gasteiger charge is 2.37. The minimum Gasteiger partial charge on any atom is -0.387 e. The number of nitrogens with zero attached hydrogens (tertiary/aromatic N) is 4. The van der Waals surface area contributed by atoms with Crippen LogP contribution < -0.4 is 5.32 Å². The molecule has 3 atom stereocenters. The Hall–Kier alpha value is -5.14. The highest BCUT2D eigenvalue weighted by atomic mass is 16.5. The second kappa shape index (κ2) is 12.2. The lowest BCUT2D eigenvalue weighted by molar-refractivity contribution is -0.142. The molecule has 3 aliphatic rings. The molecule has 3 fully saturated rings. The molecule has 2 amide bonds. The standard InChI is InChI=1S/C37H37N7O3/c1-38-26-8-3-2-7-25(26)36(45)43-18-4-9-31(43)34-39-27-16-14-23(21-29(27)41-34)12-13-24-15-17-28-30(22-24)42-35(40-28)32-10-5-19-44(32)37(46)33-11-6-20-47-33/h2-3,7-8,14-17,21-22,31-33,38H,4-6,9-11,18-20H2,1H3,(H,39,41)(H,40,42)/t31-,32-,33+/m0/s1. The number of ether oxygens (including phenoxy) is 1. The Balaban J connectivity index is 1.000. The maximum Gasteiger partial charge on any atom is 0.256 e. The van der Waals surface area contributed by atoms with Gasteiger partial charge in [-0.25, -0.2) is 9.97 Å². The van der Waals surface area contributed by atoms with Crippen molar-refractivity contribution in [3.8, 4) is 11.8 Å². The number of hydrogen-bond donors (Lipinski definition) is 3. The summed E-state index contributed by atoms with van der Waals surface area (Å²) in [7, 11) is 1.83. The first-order valence-electron chi connectivity index (χ1n) is 16.6. The molecule has 0 bridgehead atoms. The molecular weight excluding hydrogens is 590 g/mol. The van der Waals surface area contributed by atoms with Crippen molar-refractivity contribution in [2.45, 2.75) is 56.7 Å². The largest absolute Gasteiger partial charge is 0.387 e. The van der Waals surface area contributed by atoms with Gasteiger partial charge in [-0.3, -0.25) is 9.59 Å². The predicted octanol–water partition coefficient (Wildman–Crippen LogP) is 5.70. The number of amides is 2. The van der Waals surface area contributed by atoms with E-state index < -0.39 is 0 Å². The lowest BCUT2D eigenvalue weighted by atomic mass is 10.1. The lowest BCUT2D eigenvalue weighted by Gasteiger charge is -2.25. The molecule has 0 spiro atoms. The van der Waals surface area contributed by atoms with E-state index in [2.05, 4.69) is 27.1 Å². The summed E-state index contributed by atoms with van der Waals surface area (Å²) < 4.78 is 5.67. The molecule has 10 heteroatoms. The first-order chi connectivity index (χ1) is 23.1. The number of benzene rings is 3. The van der Waals surface area contributed by atoms with Crippen molar-refractivity contribution in [1.29, 1.82) is 0 Å². The summed E-state index contributed by atoms with van der Waals surface area (Å²) in [5, 5.41) is 3.14. The molecule has 0 unspecified atom stereocenters. The molecule has 5 aromatic rings. The van der Waals surface area contributed by atoms with Gasteiger partial charge in [-0.2, -0.15) is 0 Å². The van der Waals surface area contributed by atoms with Gasteiger partial charge in [-0.1, -0.05) is 24.0 Å². The molecule has 10 nitrogen and oxygen atoms in total. The van der Waals surface area contributed by atoms with Crippen molar-refractivity contribution in [1.82, 2.24) is 29.7 Å². The summed E-state index contributed by atoms with van der Waals surface area (Å²) in [6.07, 6.45) is 5.06. The van der Waals surface area contributed by atoms with Crippen molar-refractivity contribution >= 4 is 39.6 Å². The Kier molecular flexibility index (Phi) is 7.62. The zero-order valence-electron chi connectivity index (χ0n) is 26.4. The number of hydrogen-bond acceptors (Lipinski definition) is 6. The predicted molar refractivity (Wildman–Crippen MR) is 180 cm³/mol. The minimum atomic E-state index is -0.317. The maximum absolute atomic E-state index is 13.5. The topological polar surface area (TPSA) is 119 Å². The summed E-state index contributed by atoms with van der Waals surface area (Å²) >= 11 is 0. The van der Waals surface area contributed by atoms with Crippen molar-refractivity contribution in [2.24, 2.45) is 0 Å². The van der Waals surface area contributed by atoms with Crippen LogP contribution in [0.3, 0.4) is 0 Å². The van der Waals surface area contributed by atoms with Crippen LogP contribution in [0, 0.1) is 11.8 Å². The molecule has 0 aliphatic carbocycles. The van der Waals surface area contributed by atoms with E-state index >= 15 is 0 Å². The second-order valence-electron chi connectivity index (χ2n) is 12.6. The smallest absolute Gasteiger partial charge is 0.256 e. The van der Waals surface area contributed by atoms with Gasteiger partial charge in [-0.05, 0) is 87.1 Å². The fraction of sp³-hybridized carbons (Fsp3) is 0.351. The minimum absolute atomic E-state index is 0.0125. The molecule has 0 radical (unpaired) electrons. The number of fused-ring (bicyclic) bond motifs is 2. The van der Waals surface area contributed by atoms with Crippen LogP contribution in [-0.4, -0.2) is 74.4 Å². The Morgan fingerprint density at radius 1 is 0.809 bits per heavy atom. The molecule has 8 rings (SSSR count). The average molecular weight is 628 g/mol. The number of likely N-dealkylation sites (tertiary alicyclic amines) is 2. The van der Waals surface area contributed by atoms with Crippen LogP contribution in [0.15, 0.2) is 60.7 Å². The first-order valence-corrected chi connectivity index (χ1v) is 16.6. The third kappa shape index (κ3) is 5.51. The third-order valence-electron chi connectivity index (χ3n) is 9.66. The highest BCUT2D eigenvalue weighted by Crippen LogP contribution is 2.35. The van der Waals surface area contributed by atoms with Gasteiger partial charge in [0, 0.05) is 43.6 Å². The van der Waals surface area contributed by atoms with E-state index in [1.54, 1.807) is 0 Å². The number of H-pyrrole nitrogens is 2. The number of carbonyl (C=O) groups is 2. The van der Waals surface area contributed by atoms with Gasteiger partial charge in [0.2, 0.25) is 0 Å². The molecule has 0 saturated carbocycles. The molecule has 47 heavy (non-hydrogen) atoms. The molecular formula is C37H37N7O3. The molecule has 5 heterocycles. The van der Waals surface area contributed by atoms with Crippen LogP contribution in [0.2, 0.25) is 0 Å². The number of para-hydroxylation sites is 1. The van der Waals surface area contributed by atoms with Gasteiger partial charge in [0.1, 0.15) is 17.8 Å². The first kappa shape index (κ1) is 29.3. The van der Waals surface area contributed by atoms with E-state index in [-0.39, 0.29) is 30.0 Å². The lowest BCUT2D eigenvalue weighted by Crippen LogP contribution is -2.38. The molecule has 238 valence electrons. The summed E-state index contributed by atoms with van der Waals surface area (Å²) in [5.41, 5.74) is 6.76. The summed E-state index contributed by atoms with van der Waals surface area (Å²) in [6, 6.07) is 19.4. The average Bonchev–Trinajstić information content (AvgIpc) is 3.94. The van der Waals surface area contributed by atoms with E-state index in [1.165, 1.54) is 0 Å². The second-order valence-corrected chi connectivity index (χ2v) is 12.6. The van der Waals surface area contributed by atoms with Gasteiger partial charge in [-0.15, -0.1) is 0 Å².